The molecule has 2 atom stereocenters. The van der Waals surface area contributed by atoms with Crippen LogP contribution >= 0.6 is 11.3 Å². The number of methoxy groups -OCH3 is 1. The van der Waals surface area contributed by atoms with Gasteiger partial charge < -0.3 is 10.1 Å². The number of thiazole rings is 1. The highest BCUT2D eigenvalue weighted by atomic mass is 32.1. The second-order valence-electron chi connectivity index (χ2n) is 5.22. The lowest BCUT2D eigenvalue weighted by atomic mass is 10.1. The SMILES string of the molecule is COC(=O)CCc1csc(NC2CC2c2ccccc2)n1. The number of carbonyl (C=O) groups excluding carboxylic acids is 1. The smallest absolute Gasteiger partial charge is 0.305 e. The average Bonchev–Trinajstić information content (AvgIpc) is 3.14. The normalized spacial score (nSPS) is 20.0. The van der Waals surface area contributed by atoms with Crippen molar-refractivity contribution in [1.29, 1.82) is 0 Å². The van der Waals surface area contributed by atoms with Gasteiger partial charge in [0.25, 0.3) is 0 Å². The Hall–Kier alpha value is -1.88. The van der Waals surface area contributed by atoms with E-state index >= 15 is 0 Å². The van der Waals surface area contributed by atoms with Crippen LogP contribution in [0, 0.1) is 0 Å². The van der Waals surface area contributed by atoms with Crippen LogP contribution in [0.2, 0.25) is 0 Å². The average molecular weight is 302 g/mol. The first-order valence-corrected chi connectivity index (χ1v) is 7.97. The molecule has 4 nitrogen and oxygen atoms in total. The summed E-state index contributed by atoms with van der Waals surface area (Å²) in [5, 5.41) is 6.43. The molecule has 1 heterocycles. The molecule has 3 rings (SSSR count). The third-order valence-electron chi connectivity index (χ3n) is 3.69. The van der Waals surface area contributed by atoms with Gasteiger partial charge in [0.2, 0.25) is 0 Å². The number of anilines is 1. The zero-order valence-electron chi connectivity index (χ0n) is 11.9. The molecule has 1 aromatic carbocycles. The molecule has 2 unspecified atom stereocenters. The second kappa shape index (κ2) is 6.26. The molecule has 0 saturated heterocycles. The van der Waals surface area contributed by atoms with Crippen LogP contribution in [0.5, 0.6) is 0 Å². The molecule has 1 aromatic heterocycles. The maximum Gasteiger partial charge on any atom is 0.305 e. The van der Waals surface area contributed by atoms with Crippen LogP contribution in [0.15, 0.2) is 35.7 Å². The van der Waals surface area contributed by atoms with Crippen molar-refractivity contribution in [3.05, 3.63) is 47.0 Å². The van der Waals surface area contributed by atoms with Crippen LogP contribution in [-0.2, 0) is 16.0 Å². The molecule has 0 bridgehead atoms. The Balaban J connectivity index is 1.51. The van der Waals surface area contributed by atoms with Crippen LogP contribution in [0.4, 0.5) is 5.13 Å². The van der Waals surface area contributed by atoms with Gasteiger partial charge in [-0.1, -0.05) is 30.3 Å². The number of ether oxygens (including phenoxy) is 1. The molecule has 1 fully saturated rings. The predicted molar refractivity (Wildman–Crippen MR) is 83.7 cm³/mol. The summed E-state index contributed by atoms with van der Waals surface area (Å²) in [6.07, 6.45) is 2.18. The largest absolute Gasteiger partial charge is 0.469 e. The van der Waals surface area contributed by atoms with Crippen LogP contribution in [0.3, 0.4) is 0 Å². The molecule has 5 heteroatoms. The molecule has 1 N–H and O–H groups in total. The quantitative estimate of drug-likeness (QED) is 0.832. The third kappa shape index (κ3) is 3.61. The number of aromatic nitrogens is 1. The van der Waals surface area contributed by atoms with Crippen molar-refractivity contribution in [1.82, 2.24) is 4.98 Å². The number of hydrogen-bond donors (Lipinski definition) is 1. The molecule has 1 aliphatic rings. The zero-order chi connectivity index (χ0) is 14.7. The lowest BCUT2D eigenvalue weighted by Crippen LogP contribution is -2.04. The predicted octanol–water partition coefficient (Wildman–Crippen LogP) is 3.22. The monoisotopic (exact) mass is 302 g/mol. The van der Waals surface area contributed by atoms with Gasteiger partial charge in [0.05, 0.1) is 19.2 Å². The number of benzene rings is 1. The molecule has 110 valence electrons. The Kier molecular flexibility index (Phi) is 4.20. The van der Waals surface area contributed by atoms with Gasteiger partial charge in [-0.2, -0.15) is 0 Å². The van der Waals surface area contributed by atoms with Crippen molar-refractivity contribution in [2.24, 2.45) is 0 Å². The maximum atomic E-state index is 11.1. The van der Waals surface area contributed by atoms with Crippen molar-refractivity contribution in [2.45, 2.75) is 31.2 Å². The van der Waals surface area contributed by atoms with Crippen molar-refractivity contribution >= 4 is 22.4 Å². The number of carbonyl (C=O) groups is 1. The molecule has 2 aromatic rings. The summed E-state index contributed by atoms with van der Waals surface area (Å²) < 4.78 is 4.64. The van der Waals surface area contributed by atoms with Crippen molar-refractivity contribution in [3.63, 3.8) is 0 Å². The van der Waals surface area contributed by atoms with Gasteiger partial charge in [0.15, 0.2) is 5.13 Å². The molecular formula is C16H18N2O2S. The minimum absolute atomic E-state index is 0.191. The molecule has 21 heavy (non-hydrogen) atoms. The maximum absolute atomic E-state index is 11.1. The topological polar surface area (TPSA) is 51.2 Å². The van der Waals surface area contributed by atoms with Crippen molar-refractivity contribution in [3.8, 4) is 0 Å². The third-order valence-corrected chi connectivity index (χ3v) is 4.51. The molecular weight excluding hydrogens is 284 g/mol. The molecule has 0 amide bonds. The van der Waals surface area contributed by atoms with E-state index in [0.717, 1.165) is 17.2 Å². The van der Waals surface area contributed by atoms with Gasteiger partial charge in [-0.15, -0.1) is 11.3 Å². The van der Waals surface area contributed by atoms with Crippen LogP contribution in [-0.4, -0.2) is 24.1 Å². The first kappa shape index (κ1) is 14.1. The van der Waals surface area contributed by atoms with Gasteiger partial charge in [0, 0.05) is 23.8 Å². The molecule has 0 aliphatic heterocycles. The summed E-state index contributed by atoms with van der Waals surface area (Å²) in [4.78, 5) is 15.6. The van der Waals surface area contributed by atoms with Crippen LogP contribution < -0.4 is 5.32 Å². The molecule has 0 radical (unpaired) electrons. The first-order valence-electron chi connectivity index (χ1n) is 7.09. The fourth-order valence-electron chi connectivity index (χ4n) is 2.40. The molecule has 1 aliphatic carbocycles. The minimum Gasteiger partial charge on any atom is -0.469 e. The lowest BCUT2D eigenvalue weighted by Gasteiger charge is -2.02. The fraction of sp³-hybridized carbons (Fsp3) is 0.375. The Morgan fingerprint density at radius 3 is 3.00 bits per heavy atom. The number of aryl methyl sites for hydroxylation is 1. The van der Waals surface area contributed by atoms with E-state index in [4.69, 9.17) is 0 Å². The van der Waals surface area contributed by atoms with E-state index in [1.54, 1.807) is 11.3 Å². The molecule has 0 spiro atoms. The summed E-state index contributed by atoms with van der Waals surface area (Å²) in [6, 6.07) is 11.0. The number of hydrogen-bond acceptors (Lipinski definition) is 5. The Morgan fingerprint density at radius 2 is 2.24 bits per heavy atom. The number of nitrogens with zero attached hydrogens (tertiary/aromatic N) is 1. The van der Waals surface area contributed by atoms with E-state index < -0.39 is 0 Å². The van der Waals surface area contributed by atoms with E-state index in [1.165, 1.54) is 12.7 Å². The van der Waals surface area contributed by atoms with E-state index in [0.29, 0.717) is 24.8 Å². The summed E-state index contributed by atoms with van der Waals surface area (Å²) in [5.41, 5.74) is 2.34. The molecule has 1 saturated carbocycles. The standard InChI is InChI=1S/C16H18N2O2S/c1-20-15(19)8-7-12-10-21-16(17-12)18-14-9-13(14)11-5-3-2-4-6-11/h2-6,10,13-14H,7-9H2,1H3,(H,17,18). The minimum atomic E-state index is -0.191. The lowest BCUT2D eigenvalue weighted by molar-refractivity contribution is -0.140. The van der Waals surface area contributed by atoms with Crippen molar-refractivity contribution < 1.29 is 9.53 Å². The van der Waals surface area contributed by atoms with Gasteiger partial charge >= 0.3 is 5.97 Å². The van der Waals surface area contributed by atoms with E-state index in [1.807, 2.05) is 11.4 Å². The Labute approximate surface area is 128 Å². The highest BCUT2D eigenvalue weighted by molar-refractivity contribution is 7.13. The zero-order valence-corrected chi connectivity index (χ0v) is 12.7. The Bertz CT molecular complexity index is 612. The van der Waals surface area contributed by atoms with Gasteiger partial charge in [0.1, 0.15) is 0 Å². The summed E-state index contributed by atoms with van der Waals surface area (Å²) in [6.45, 7) is 0. The number of rotatable bonds is 6. The van der Waals surface area contributed by atoms with Crippen molar-refractivity contribution in [2.75, 3.05) is 12.4 Å². The van der Waals surface area contributed by atoms with Crippen LogP contribution in [0.25, 0.3) is 0 Å². The van der Waals surface area contributed by atoms with Gasteiger partial charge in [-0.3, -0.25) is 4.79 Å². The van der Waals surface area contributed by atoms with E-state index in [9.17, 15) is 4.79 Å². The fourth-order valence-corrected chi connectivity index (χ4v) is 3.21. The second-order valence-corrected chi connectivity index (χ2v) is 6.08. The van der Waals surface area contributed by atoms with E-state index in [-0.39, 0.29) is 5.97 Å². The summed E-state index contributed by atoms with van der Waals surface area (Å²) in [7, 11) is 1.41. The number of esters is 1. The first-order chi connectivity index (χ1) is 10.3. The highest BCUT2D eigenvalue weighted by Crippen LogP contribution is 2.43. The van der Waals surface area contributed by atoms with Crippen LogP contribution in [0.1, 0.15) is 30.0 Å². The number of nitrogens with one attached hydrogen (secondary N) is 1. The highest BCUT2D eigenvalue weighted by Gasteiger charge is 2.38. The Morgan fingerprint density at radius 1 is 1.43 bits per heavy atom. The van der Waals surface area contributed by atoms with E-state index in [2.05, 4.69) is 39.3 Å². The van der Waals surface area contributed by atoms with Gasteiger partial charge in [-0.05, 0) is 12.0 Å². The summed E-state index contributed by atoms with van der Waals surface area (Å²) >= 11 is 1.60. The van der Waals surface area contributed by atoms with Gasteiger partial charge in [-0.25, -0.2) is 4.98 Å². The summed E-state index contributed by atoms with van der Waals surface area (Å²) in [5.74, 6) is 0.400.